The van der Waals surface area contributed by atoms with Gasteiger partial charge in [-0.25, -0.2) is 4.79 Å². The fourth-order valence-electron chi connectivity index (χ4n) is 4.96. The summed E-state index contributed by atoms with van der Waals surface area (Å²) in [5.41, 5.74) is 0.847. The lowest BCUT2D eigenvalue weighted by Gasteiger charge is -2.49. The smallest absolute Gasteiger partial charge is 0.352 e. The van der Waals surface area contributed by atoms with Crippen molar-refractivity contribution in [3.63, 3.8) is 0 Å². The molecule has 0 radical (unpaired) electrons. The molecule has 3 atom stereocenters. The van der Waals surface area contributed by atoms with Crippen molar-refractivity contribution < 1.29 is 24.3 Å². The molecule has 4 aliphatic heterocycles. The van der Waals surface area contributed by atoms with E-state index in [2.05, 4.69) is 10.6 Å². The van der Waals surface area contributed by atoms with E-state index in [-0.39, 0.29) is 35.8 Å². The van der Waals surface area contributed by atoms with E-state index >= 15 is 0 Å². The normalized spacial score (nSPS) is 25.5. The number of carbonyl (C=O) groups excluding carboxylic acids is 3. The maximum Gasteiger partial charge on any atom is 0.352 e. The Kier molecular flexibility index (Phi) is 9.73. The van der Waals surface area contributed by atoms with E-state index in [0.717, 1.165) is 31.3 Å². The lowest BCUT2D eigenvalue weighted by Crippen LogP contribution is -2.70. The molecule has 4 aliphatic rings. The van der Waals surface area contributed by atoms with Crippen LogP contribution in [0.15, 0.2) is 39.9 Å². The van der Waals surface area contributed by atoms with Crippen LogP contribution in [0.25, 0.3) is 0 Å². The summed E-state index contributed by atoms with van der Waals surface area (Å²) in [5.74, 6) is -1.94. The summed E-state index contributed by atoms with van der Waals surface area (Å²) in [4.78, 5) is 54.3. The zero-order valence-electron chi connectivity index (χ0n) is 20.2. The van der Waals surface area contributed by atoms with Gasteiger partial charge in [0.05, 0.1) is 20.8 Å². The van der Waals surface area contributed by atoms with Gasteiger partial charge in [0.1, 0.15) is 17.1 Å². The van der Waals surface area contributed by atoms with Crippen molar-refractivity contribution >= 4 is 94.4 Å². The van der Waals surface area contributed by atoms with Gasteiger partial charge in [-0.1, -0.05) is 34.8 Å². The molecule has 210 valence electrons. The Morgan fingerprint density at radius 3 is 2.64 bits per heavy atom. The number of carbonyl (C=O) groups is 4. The molecule has 0 saturated carbocycles. The summed E-state index contributed by atoms with van der Waals surface area (Å²) in [5, 5.41) is 16.3. The third kappa shape index (κ3) is 6.05. The van der Waals surface area contributed by atoms with E-state index in [9.17, 15) is 24.3 Å². The molecule has 2 unspecified atom stereocenters. The Morgan fingerprint density at radius 2 is 1.95 bits per heavy atom. The quantitative estimate of drug-likeness (QED) is 0.177. The molecule has 15 heteroatoms. The summed E-state index contributed by atoms with van der Waals surface area (Å²) in [6.45, 7) is 2.23. The van der Waals surface area contributed by atoms with E-state index in [1.165, 1.54) is 22.7 Å². The zero-order valence-corrected chi connectivity index (χ0v) is 25.0. The molecule has 9 nitrogen and oxygen atoms in total. The van der Waals surface area contributed by atoms with Gasteiger partial charge in [0.15, 0.2) is 0 Å². The number of nitrogens with one attached hydrogen (secondary N) is 2. The van der Waals surface area contributed by atoms with Crippen molar-refractivity contribution in [3.8, 4) is 0 Å². The second kappa shape index (κ2) is 12.5. The first-order valence-corrected chi connectivity index (χ1v) is 15.0. The number of amides is 3. The molecule has 3 N–H and O–H groups in total. The largest absolute Gasteiger partial charge is 0.477 e. The minimum Gasteiger partial charge on any atom is -0.477 e. The Labute approximate surface area is 254 Å². The minimum absolute atomic E-state index is 0. The number of hydrogen-bond acceptors (Lipinski definition) is 7. The van der Waals surface area contributed by atoms with E-state index in [1.54, 1.807) is 12.1 Å². The van der Waals surface area contributed by atoms with Crippen LogP contribution in [0, 0.1) is 0 Å². The summed E-state index contributed by atoms with van der Waals surface area (Å²) < 4.78 is 0. The number of halogens is 4. The number of allylic oxidation sites excluding steroid dienone is 1. The predicted octanol–water partition coefficient (Wildman–Crippen LogP) is 3.42. The predicted molar refractivity (Wildman–Crippen MR) is 155 cm³/mol. The number of fused-ring (bicyclic) bond motifs is 1. The van der Waals surface area contributed by atoms with Gasteiger partial charge < -0.3 is 20.6 Å². The fraction of sp³-hybridized carbons (Fsp3) is 0.417. The Balaban J connectivity index is 0.00000353. The highest BCUT2D eigenvalue weighted by Crippen LogP contribution is 2.41. The Morgan fingerprint density at radius 1 is 1.21 bits per heavy atom. The number of benzene rings is 1. The first-order chi connectivity index (χ1) is 18.2. The summed E-state index contributed by atoms with van der Waals surface area (Å²) in [6.07, 6.45) is 3.06. The van der Waals surface area contributed by atoms with Crippen molar-refractivity contribution in [1.29, 1.82) is 0 Å². The highest BCUT2D eigenvalue weighted by Gasteiger charge is 2.54. The van der Waals surface area contributed by atoms with E-state index < -0.39 is 29.2 Å². The second-order valence-corrected chi connectivity index (χ2v) is 12.5. The summed E-state index contributed by atoms with van der Waals surface area (Å²) in [6, 6.07) is 2.36. The van der Waals surface area contributed by atoms with Gasteiger partial charge in [0, 0.05) is 35.4 Å². The van der Waals surface area contributed by atoms with Crippen LogP contribution in [-0.2, 0) is 19.2 Å². The van der Waals surface area contributed by atoms with Crippen LogP contribution >= 0.6 is 70.7 Å². The van der Waals surface area contributed by atoms with Gasteiger partial charge in [0.2, 0.25) is 11.8 Å². The molecule has 1 aromatic carbocycles. The van der Waals surface area contributed by atoms with Crippen molar-refractivity contribution in [2.45, 2.75) is 35.2 Å². The van der Waals surface area contributed by atoms with Crippen LogP contribution in [0.4, 0.5) is 0 Å². The van der Waals surface area contributed by atoms with Crippen molar-refractivity contribution in [1.82, 2.24) is 20.4 Å². The second-order valence-electron chi connectivity index (χ2n) is 9.18. The van der Waals surface area contributed by atoms with E-state index in [4.69, 9.17) is 34.8 Å². The van der Waals surface area contributed by atoms with E-state index in [1.807, 2.05) is 4.90 Å². The van der Waals surface area contributed by atoms with Crippen LogP contribution in [0.3, 0.4) is 0 Å². The zero-order chi connectivity index (χ0) is 27.1. The molecule has 3 amide bonds. The number of likely N-dealkylation sites (tertiary alicyclic amines) is 1. The third-order valence-electron chi connectivity index (χ3n) is 6.83. The highest BCUT2D eigenvalue weighted by atomic mass is 35.5. The minimum atomic E-state index is -1.24. The lowest BCUT2D eigenvalue weighted by molar-refractivity contribution is -0.150. The summed E-state index contributed by atoms with van der Waals surface area (Å²) >= 11 is 20.6. The number of aliphatic carboxylic acids is 1. The van der Waals surface area contributed by atoms with Crippen LogP contribution in [-0.4, -0.2) is 87.2 Å². The molecular formula is C24H24Cl4N4O5S2. The summed E-state index contributed by atoms with van der Waals surface area (Å²) in [7, 11) is 0. The highest BCUT2D eigenvalue weighted by molar-refractivity contribution is 8.00. The number of carboxylic acid groups (broad SMARTS) is 1. The molecule has 0 bridgehead atoms. The first kappa shape index (κ1) is 30.4. The maximum absolute atomic E-state index is 13.0. The van der Waals surface area contributed by atoms with Gasteiger partial charge in [-0.15, -0.1) is 35.9 Å². The number of β-lactam (4-membered cyclic amide) rings is 1. The topological polar surface area (TPSA) is 119 Å². The van der Waals surface area contributed by atoms with E-state index in [0.29, 0.717) is 49.8 Å². The Hall–Kier alpha value is -1.60. The maximum atomic E-state index is 13.0. The first-order valence-electron chi connectivity index (χ1n) is 11.9. The molecule has 0 aromatic heterocycles. The molecule has 1 aromatic rings. The number of nitrogens with zero attached hydrogens (tertiary/aromatic N) is 2. The van der Waals surface area contributed by atoms with Crippen LogP contribution in [0.1, 0.15) is 12.8 Å². The number of hydrogen-bond donors (Lipinski definition) is 3. The molecule has 39 heavy (non-hydrogen) atoms. The molecule has 3 fully saturated rings. The third-order valence-corrected chi connectivity index (χ3v) is 10.3. The number of rotatable bonds is 7. The molecule has 5 rings (SSSR count). The van der Waals surface area contributed by atoms with Gasteiger partial charge >= 0.3 is 5.97 Å². The van der Waals surface area contributed by atoms with Gasteiger partial charge in [-0.3, -0.25) is 19.3 Å². The van der Waals surface area contributed by atoms with Gasteiger partial charge in [-0.05, 0) is 43.2 Å². The van der Waals surface area contributed by atoms with Crippen LogP contribution in [0.5, 0.6) is 0 Å². The van der Waals surface area contributed by atoms with Crippen molar-refractivity contribution in [3.05, 3.63) is 50.1 Å². The standard InChI is InChI=1S/C24H23Cl3N4O5S2.ClH/c25-14-6-16(27)17(7-15(14)26)37-10-18(32)29-19-22(34)31-20(24(35)36)12(9-38-23(19)31)5-11-2-4-30(21(11)33)13-1-3-28-8-13;/h5-7,13,19,23,28H,1-4,8-10H2,(H,29,32)(H,35,36);1H/t13-,19?,23?;/m0./s1. The Bertz CT molecular complexity index is 1290. The average Bonchev–Trinajstić information content (AvgIpc) is 3.53. The van der Waals surface area contributed by atoms with Gasteiger partial charge in [0.25, 0.3) is 5.91 Å². The molecule has 0 aliphatic carbocycles. The SMILES string of the molecule is Cl.O=C(CSc1cc(Cl)c(Cl)cc1Cl)NC1C(=O)N2C(C(=O)O)=C(C=C3CCN([C@H]4CCNC4)C3=O)CSC12. The number of thioether (sulfide) groups is 2. The van der Waals surface area contributed by atoms with Gasteiger partial charge in [-0.2, -0.15) is 0 Å². The van der Waals surface area contributed by atoms with Crippen molar-refractivity contribution in [2.24, 2.45) is 0 Å². The monoisotopic (exact) mass is 652 g/mol. The lowest BCUT2D eigenvalue weighted by atomic mass is 10.0. The van der Waals surface area contributed by atoms with Crippen molar-refractivity contribution in [2.75, 3.05) is 31.1 Å². The average molecular weight is 654 g/mol. The fourth-order valence-corrected chi connectivity index (χ4v) is 7.81. The molecule has 3 saturated heterocycles. The van der Waals surface area contributed by atoms with Crippen LogP contribution < -0.4 is 10.6 Å². The van der Waals surface area contributed by atoms with Crippen LogP contribution in [0.2, 0.25) is 15.1 Å². The molecule has 4 heterocycles. The number of carboxylic acids is 1. The molecule has 0 spiro atoms. The molecular weight excluding hydrogens is 630 g/mol.